The lowest BCUT2D eigenvalue weighted by atomic mass is 9.92. The molecule has 1 rings (SSSR count). The van der Waals surface area contributed by atoms with E-state index >= 15 is 0 Å². The van der Waals surface area contributed by atoms with Gasteiger partial charge in [0.2, 0.25) is 0 Å². The largest absolute Gasteiger partial charge is 0.329 e. The van der Waals surface area contributed by atoms with E-state index in [1.807, 2.05) is 20.8 Å². The second-order valence-electron chi connectivity index (χ2n) is 5.49. The van der Waals surface area contributed by atoms with E-state index in [1.165, 1.54) is 0 Å². The third-order valence-electron chi connectivity index (χ3n) is 2.79. The lowest BCUT2D eigenvalue weighted by molar-refractivity contribution is 0.345. The van der Waals surface area contributed by atoms with Crippen LogP contribution in [0, 0.1) is 12.8 Å². The van der Waals surface area contributed by atoms with Gasteiger partial charge in [0, 0.05) is 12.1 Å². The summed E-state index contributed by atoms with van der Waals surface area (Å²) in [6.45, 7) is 7.94. The van der Waals surface area contributed by atoms with E-state index in [-0.39, 0.29) is 23.2 Å². The van der Waals surface area contributed by atoms with Crippen molar-refractivity contribution in [2.24, 2.45) is 11.7 Å². The van der Waals surface area contributed by atoms with Gasteiger partial charge in [-0.2, -0.15) is 0 Å². The molecule has 8 heteroatoms. The summed E-state index contributed by atoms with van der Waals surface area (Å²) in [5.74, 6) is 0.352. The van der Waals surface area contributed by atoms with E-state index in [0.717, 1.165) is 16.9 Å². The van der Waals surface area contributed by atoms with Crippen LogP contribution in [0.3, 0.4) is 0 Å². The van der Waals surface area contributed by atoms with Crippen molar-refractivity contribution in [3.05, 3.63) is 16.0 Å². The zero-order valence-electron chi connectivity index (χ0n) is 12.1. The van der Waals surface area contributed by atoms with Crippen molar-refractivity contribution >= 4 is 45.4 Å². The molecule has 20 heavy (non-hydrogen) atoms. The highest BCUT2D eigenvalue weighted by atomic mass is 35.5. The van der Waals surface area contributed by atoms with Gasteiger partial charge in [-0.1, -0.05) is 25.4 Å². The minimum atomic E-state index is -3.57. The zero-order valence-corrected chi connectivity index (χ0v) is 15.3. The maximum absolute atomic E-state index is 12.3. The lowest BCUT2D eigenvalue weighted by Crippen LogP contribution is -2.51. The minimum Gasteiger partial charge on any atom is -0.329 e. The second-order valence-corrected chi connectivity index (χ2v) is 9.05. The molecule has 0 spiro atoms. The Labute approximate surface area is 136 Å². The average Bonchev–Trinajstić information content (AvgIpc) is 2.58. The predicted octanol–water partition coefficient (Wildman–Crippen LogP) is 3.17. The number of hydrogen-bond donors (Lipinski definition) is 2. The van der Waals surface area contributed by atoms with Crippen molar-refractivity contribution in [3.8, 4) is 0 Å². The number of thiophene rings is 1. The fraction of sp³-hybridized carbons (Fsp3) is 0.667. The Morgan fingerprint density at radius 3 is 2.40 bits per heavy atom. The number of nitrogens with one attached hydrogen (secondary N) is 1. The number of halogens is 2. The molecule has 0 radical (unpaired) electrons. The SMILES string of the molecule is Cc1cc(S(=O)(=O)NC(C)(CN)CC(C)C)sc1Cl.Cl. The Hall–Kier alpha value is 0.150. The van der Waals surface area contributed by atoms with Crippen molar-refractivity contribution in [1.82, 2.24) is 4.72 Å². The van der Waals surface area contributed by atoms with Gasteiger partial charge < -0.3 is 5.73 Å². The molecule has 0 aliphatic carbocycles. The first-order chi connectivity index (χ1) is 8.59. The first-order valence-electron chi connectivity index (χ1n) is 6.09. The first-order valence-corrected chi connectivity index (χ1v) is 8.77. The molecule has 1 aromatic rings. The van der Waals surface area contributed by atoms with Gasteiger partial charge in [-0.25, -0.2) is 13.1 Å². The summed E-state index contributed by atoms with van der Waals surface area (Å²) in [4.78, 5) is 0. The van der Waals surface area contributed by atoms with Crippen LogP contribution in [0.1, 0.15) is 32.8 Å². The third kappa shape index (κ3) is 5.16. The molecule has 0 aliphatic rings. The van der Waals surface area contributed by atoms with Gasteiger partial charge in [-0.05, 0) is 37.8 Å². The smallest absolute Gasteiger partial charge is 0.250 e. The summed E-state index contributed by atoms with van der Waals surface area (Å²) in [5.41, 5.74) is 5.85. The molecule has 1 atom stereocenters. The lowest BCUT2D eigenvalue weighted by Gasteiger charge is -2.30. The molecule has 1 aromatic heterocycles. The highest BCUT2D eigenvalue weighted by Gasteiger charge is 2.31. The van der Waals surface area contributed by atoms with Crippen LogP contribution in [0.5, 0.6) is 0 Å². The number of sulfonamides is 1. The summed E-state index contributed by atoms with van der Waals surface area (Å²) < 4.78 is 28.1. The van der Waals surface area contributed by atoms with Crippen LogP contribution in [0.4, 0.5) is 0 Å². The van der Waals surface area contributed by atoms with Gasteiger partial charge >= 0.3 is 0 Å². The van der Waals surface area contributed by atoms with Crippen molar-refractivity contribution < 1.29 is 8.42 Å². The van der Waals surface area contributed by atoms with Gasteiger partial charge in [-0.3, -0.25) is 0 Å². The number of aryl methyl sites for hydroxylation is 1. The maximum Gasteiger partial charge on any atom is 0.250 e. The van der Waals surface area contributed by atoms with Crippen molar-refractivity contribution in [1.29, 1.82) is 0 Å². The fourth-order valence-corrected chi connectivity index (χ4v) is 5.14. The molecule has 0 saturated carbocycles. The predicted molar refractivity (Wildman–Crippen MR) is 88.5 cm³/mol. The normalized spacial score (nSPS) is 14.9. The highest BCUT2D eigenvalue weighted by molar-refractivity contribution is 7.91. The molecule has 4 nitrogen and oxygen atoms in total. The van der Waals surface area contributed by atoms with Crippen LogP contribution < -0.4 is 10.5 Å². The van der Waals surface area contributed by atoms with E-state index in [4.69, 9.17) is 17.3 Å². The number of nitrogens with two attached hydrogens (primary N) is 1. The summed E-state index contributed by atoms with van der Waals surface area (Å²) in [7, 11) is -3.57. The number of hydrogen-bond acceptors (Lipinski definition) is 4. The molecule has 0 fully saturated rings. The molecule has 1 unspecified atom stereocenters. The van der Waals surface area contributed by atoms with Gasteiger partial charge in [-0.15, -0.1) is 23.7 Å². The second kappa shape index (κ2) is 7.42. The van der Waals surface area contributed by atoms with Crippen LogP contribution in [0.15, 0.2) is 10.3 Å². The molecule has 1 heterocycles. The van der Waals surface area contributed by atoms with E-state index in [9.17, 15) is 8.42 Å². The van der Waals surface area contributed by atoms with Gasteiger partial charge in [0.15, 0.2) is 0 Å². The fourth-order valence-electron chi connectivity index (χ4n) is 2.01. The minimum absolute atomic E-state index is 0. The Balaban J connectivity index is 0.00000361. The average molecular weight is 361 g/mol. The first kappa shape index (κ1) is 20.1. The standard InChI is InChI=1S/C12H21ClN2O2S2.ClH/c1-8(2)6-12(4,7-14)15-19(16,17)10-5-9(3)11(13)18-10;/h5,8,15H,6-7,14H2,1-4H3;1H. The third-order valence-corrected chi connectivity index (χ3v) is 6.46. The quantitative estimate of drug-likeness (QED) is 0.817. The van der Waals surface area contributed by atoms with Crippen LogP contribution in [0.2, 0.25) is 4.34 Å². The summed E-state index contributed by atoms with van der Waals surface area (Å²) in [5, 5.41) is 0. The molecule has 0 amide bonds. The Bertz CT molecular complexity index is 524. The van der Waals surface area contributed by atoms with E-state index in [0.29, 0.717) is 16.7 Å². The summed E-state index contributed by atoms with van der Waals surface area (Å²) >= 11 is 6.99. The van der Waals surface area contributed by atoms with Crippen molar-refractivity contribution in [2.75, 3.05) is 6.54 Å². The molecule has 0 saturated heterocycles. The number of rotatable bonds is 6. The molecular weight excluding hydrogens is 339 g/mol. The van der Waals surface area contributed by atoms with Crippen LogP contribution in [0.25, 0.3) is 0 Å². The topological polar surface area (TPSA) is 72.2 Å². The molecule has 0 bridgehead atoms. The Morgan fingerprint density at radius 1 is 1.50 bits per heavy atom. The maximum atomic E-state index is 12.3. The van der Waals surface area contributed by atoms with Crippen LogP contribution in [-0.4, -0.2) is 20.5 Å². The summed E-state index contributed by atoms with van der Waals surface area (Å²) in [6, 6.07) is 1.58. The van der Waals surface area contributed by atoms with Crippen LogP contribution >= 0.6 is 35.3 Å². The summed E-state index contributed by atoms with van der Waals surface area (Å²) in [6.07, 6.45) is 0.681. The molecule has 0 aromatic carbocycles. The molecule has 3 N–H and O–H groups in total. The van der Waals surface area contributed by atoms with Crippen molar-refractivity contribution in [3.63, 3.8) is 0 Å². The van der Waals surface area contributed by atoms with Crippen molar-refractivity contribution in [2.45, 2.75) is 43.9 Å². The zero-order chi connectivity index (χ0) is 14.8. The Morgan fingerprint density at radius 2 is 2.05 bits per heavy atom. The van der Waals surface area contributed by atoms with Crippen LogP contribution in [-0.2, 0) is 10.0 Å². The van der Waals surface area contributed by atoms with E-state index < -0.39 is 15.6 Å². The van der Waals surface area contributed by atoms with E-state index in [1.54, 1.807) is 13.0 Å². The van der Waals surface area contributed by atoms with Gasteiger partial charge in [0.25, 0.3) is 10.0 Å². The highest BCUT2D eigenvalue weighted by Crippen LogP contribution is 2.31. The molecule has 0 aliphatic heterocycles. The van der Waals surface area contributed by atoms with E-state index in [2.05, 4.69) is 4.72 Å². The monoisotopic (exact) mass is 360 g/mol. The molecular formula is C12H22Cl2N2O2S2. The van der Waals surface area contributed by atoms with Gasteiger partial charge in [0.05, 0.1) is 4.34 Å². The Kier molecular flexibility index (Phi) is 7.48. The molecule has 118 valence electrons. The van der Waals surface area contributed by atoms with Gasteiger partial charge in [0.1, 0.15) is 4.21 Å².